The predicted octanol–water partition coefficient (Wildman–Crippen LogP) is 6.07. The van der Waals surface area contributed by atoms with Crippen LogP contribution in [-0.4, -0.2) is 58.0 Å². The summed E-state index contributed by atoms with van der Waals surface area (Å²) >= 11 is 0. The number of benzene rings is 4. The van der Waals surface area contributed by atoms with Crippen molar-refractivity contribution in [2.45, 2.75) is 64.1 Å². The van der Waals surface area contributed by atoms with Gasteiger partial charge >= 0.3 is 0 Å². The van der Waals surface area contributed by atoms with E-state index in [4.69, 9.17) is 9.47 Å². The van der Waals surface area contributed by atoms with Crippen molar-refractivity contribution in [1.82, 2.24) is 10.2 Å². The third-order valence-electron chi connectivity index (χ3n) is 8.25. The van der Waals surface area contributed by atoms with Gasteiger partial charge in [0.25, 0.3) is 10.0 Å². The molecule has 0 radical (unpaired) electrons. The second kappa shape index (κ2) is 16.3. The van der Waals surface area contributed by atoms with Crippen molar-refractivity contribution in [3.05, 3.63) is 119 Å². The van der Waals surface area contributed by atoms with Crippen LogP contribution in [0.25, 0.3) is 0 Å². The van der Waals surface area contributed by atoms with E-state index < -0.39 is 28.5 Å². The first kappa shape index (κ1) is 36.0. The summed E-state index contributed by atoms with van der Waals surface area (Å²) < 4.78 is 40.6. The minimum Gasteiger partial charge on any atom is -0.493 e. The van der Waals surface area contributed by atoms with Crippen LogP contribution in [0.3, 0.4) is 0 Å². The third-order valence-corrected chi connectivity index (χ3v) is 10.0. The Balaban J connectivity index is 1.83. The number of aryl methyl sites for hydroxylation is 2. The lowest BCUT2D eigenvalue weighted by molar-refractivity contribution is -0.140. The van der Waals surface area contributed by atoms with E-state index in [0.29, 0.717) is 17.9 Å². The Morgan fingerprint density at radius 2 is 1.46 bits per heavy atom. The van der Waals surface area contributed by atoms with Crippen LogP contribution >= 0.6 is 0 Å². The smallest absolute Gasteiger partial charge is 0.264 e. The number of ether oxygens (including phenoxy) is 2. The summed E-state index contributed by atoms with van der Waals surface area (Å²) in [5.41, 5.74) is 3.93. The highest BCUT2D eigenvalue weighted by molar-refractivity contribution is 7.92. The van der Waals surface area contributed by atoms with Gasteiger partial charge in [-0.15, -0.1) is 0 Å². The van der Waals surface area contributed by atoms with Gasteiger partial charge in [0.15, 0.2) is 11.5 Å². The van der Waals surface area contributed by atoms with Crippen molar-refractivity contribution in [3.63, 3.8) is 0 Å². The maximum Gasteiger partial charge on any atom is 0.264 e. The number of rotatable bonds is 15. The molecule has 0 fully saturated rings. The Morgan fingerprint density at radius 3 is 2.08 bits per heavy atom. The molecular formula is C38H45N3O6S. The van der Waals surface area contributed by atoms with Gasteiger partial charge in [-0.3, -0.25) is 13.9 Å². The van der Waals surface area contributed by atoms with Crippen LogP contribution in [0.2, 0.25) is 0 Å². The Kier molecular flexibility index (Phi) is 12.2. The Morgan fingerprint density at radius 1 is 0.792 bits per heavy atom. The lowest BCUT2D eigenvalue weighted by atomic mass is 10.0. The molecule has 1 N–H and O–H groups in total. The SMILES string of the molecule is CC[C@@H](C)NC(=O)[C@@H](Cc1ccccc1)N(Cc1cccc(C)c1)C(=O)CN(c1ccc(C)cc1)S(=O)(=O)c1ccc(OC)c(OC)c1. The van der Waals surface area contributed by atoms with E-state index in [9.17, 15) is 18.0 Å². The van der Waals surface area contributed by atoms with Crippen molar-refractivity contribution in [2.24, 2.45) is 0 Å². The highest BCUT2D eigenvalue weighted by atomic mass is 32.2. The fraction of sp³-hybridized carbons (Fsp3) is 0.316. The third kappa shape index (κ3) is 8.95. The van der Waals surface area contributed by atoms with Crippen LogP contribution in [0.15, 0.2) is 102 Å². The average molecular weight is 672 g/mol. The summed E-state index contributed by atoms with van der Waals surface area (Å²) in [5, 5.41) is 3.06. The number of anilines is 1. The van der Waals surface area contributed by atoms with Gasteiger partial charge in [0.2, 0.25) is 11.8 Å². The number of nitrogens with zero attached hydrogens (tertiary/aromatic N) is 2. The minimum absolute atomic E-state index is 0.0749. The van der Waals surface area contributed by atoms with E-state index in [1.54, 1.807) is 24.3 Å². The molecular weight excluding hydrogens is 627 g/mol. The monoisotopic (exact) mass is 671 g/mol. The van der Waals surface area contributed by atoms with Gasteiger partial charge in [-0.1, -0.05) is 84.8 Å². The molecule has 2 atom stereocenters. The summed E-state index contributed by atoms with van der Waals surface area (Å²) in [6.07, 6.45) is 0.952. The zero-order valence-corrected chi connectivity index (χ0v) is 29.3. The number of carbonyl (C=O) groups is 2. The second-order valence-corrected chi connectivity index (χ2v) is 13.8. The number of carbonyl (C=O) groups excluding carboxylic acids is 2. The van der Waals surface area contributed by atoms with E-state index in [1.807, 2.05) is 82.3 Å². The fourth-order valence-electron chi connectivity index (χ4n) is 5.35. The van der Waals surface area contributed by atoms with Gasteiger partial charge in [0.05, 0.1) is 24.8 Å². The molecule has 4 rings (SSSR count). The van der Waals surface area contributed by atoms with Crippen LogP contribution in [0.1, 0.15) is 42.5 Å². The van der Waals surface area contributed by atoms with Crippen molar-refractivity contribution in [2.75, 3.05) is 25.1 Å². The quantitative estimate of drug-likeness (QED) is 0.165. The number of hydrogen-bond donors (Lipinski definition) is 1. The van der Waals surface area contributed by atoms with Crippen LogP contribution in [0.5, 0.6) is 11.5 Å². The van der Waals surface area contributed by atoms with Gasteiger partial charge in [-0.05, 0) is 62.6 Å². The molecule has 0 heterocycles. The van der Waals surface area contributed by atoms with Crippen molar-refractivity contribution in [1.29, 1.82) is 0 Å². The Hall–Kier alpha value is -4.83. The summed E-state index contributed by atoms with van der Waals surface area (Å²) in [7, 11) is -1.42. The van der Waals surface area contributed by atoms with Gasteiger partial charge in [0.1, 0.15) is 12.6 Å². The number of nitrogens with one attached hydrogen (secondary N) is 1. The molecule has 0 bridgehead atoms. The highest BCUT2D eigenvalue weighted by Crippen LogP contribution is 2.32. The number of methoxy groups -OCH3 is 2. The standard InChI is InChI=1S/C38H45N3O6S/c1-7-29(4)39-38(43)34(23-30-13-9-8-10-14-30)40(25-31-15-11-12-28(3)22-31)37(42)26-41(32-18-16-27(2)17-19-32)48(44,45)33-20-21-35(46-5)36(24-33)47-6/h8-22,24,29,34H,7,23,25-26H2,1-6H3,(H,39,43)/t29-,34-/m1/s1. The molecule has 0 saturated heterocycles. The minimum atomic E-state index is -4.31. The topological polar surface area (TPSA) is 105 Å². The summed E-state index contributed by atoms with van der Waals surface area (Å²) in [4.78, 5) is 30.1. The van der Waals surface area contributed by atoms with Crippen LogP contribution in [0, 0.1) is 13.8 Å². The first-order chi connectivity index (χ1) is 23.0. The molecule has 254 valence electrons. The number of hydrogen-bond acceptors (Lipinski definition) is 6. The largest absolute Gasteiger partial charge is 0.493 e. The number of sulfonamides is 1. The van der Waals surface area contributed by atoms with Gasteiger partial charge in [-0.25, -0.2) is 8.42 Å². The molecule has 0 saturated carbocycles. The normalized spacial score (nSPS) is 12.5. The lowest BCUT2D eigenvalue weighted by Crippen LogP contribution is -2.54. The summed E-state index contributed by atoms with van der Waals surface area (Å²) in [6.45, 7) is 7.30. The van der Waals surface area contributed by atoms with Crippen LogP contribution < -0.4 is 19.1 Å². The number of amides is 2. The van der Waals surface area contributed by atoms with Crippen LogP contribution in [0.4, 0.5) is 5.69 Å². The zero-order chi connectivity index (χ0) is 34.8. The first-order valence-corrected chi connectivity index (χ1v) is 17.4. The summed E-state index contributed by atoms with van der Waals surface area (Å²) in [6, 6.07) is 27.4. The van der Waals surface area contributed by atoms with E-state index in [1.165, 1.54) is 37.3 Å². The summed E-state index contributed by atoms with van der Waals surface area (Å²) in [5.74, 6) is -0.227. The average Bonchev–Trinajstić information content (AvgIpc) is 3.09. The van der Waals surface area contributed by atoms with Crippen molar-refractivity contribution >= 4 is 27.5 Å². The Bertz CT molecular complexity index is 1800. The molecule has 0 aromatic heterocycles. The molecule has 4 aromatic carbocycles. The van der Waals surface area contributed by atoms with Crippen LogP contribution in [-0.2, 0) is 32.6 Å². The van der Waals surface area contributed by atoms with E-state index in [0.717, 1.165) is 26.6 Å². The zero-order valence-electron chi connectivity index (χ0n) is 28.5. The maximum absolute atomic E-state index is 14.7. The van der Waals surface area contributed by atoms with Gasteiger partial charge in [-0.2, -0.15) is 0 Å². The molecule has 4 aromatic rings. The molecule has 0 aliphatic carbocycles. The van der Waals surface area contributed by atoms with E-state index in [-0.39, 0.29) is 35.6 Å². The maximum atomic E-state index is 14.7. The second-order valence-electron chi connectivity index (χ2n) is 11.9. The van der Waals surface area contributed by atoms with E-state index >= 15 is 0 Å². The fourth-order valence-corrected chi connectivity index (χ4v) is 6.78. The lowest BCUT2D eigenvalue weighted by Gasteiger charge is -2.34. The first-order valence-electron chi connectivity index (χ1n) is 16.0. The van der Waals surface area contributed by atoms with Gasteiger partial charge in [0, 0.05) is 25.1 Å². The molecule has 0 aliphatic heterocycles. The Labute approximate surface area is 284 Å². The van der Waals surface area contributed by atoms with Gasteiger partial charge < -0.3 is 19.7 Å². The molecule has 10 heteroatoms. The molecule has 48 heavy (non-hydrogen) atoms. The van der Waals surface area contributed by atoms with E-state index in [2.05, 4.69) is 5.32 Å². The molecule has 0 spiro atoms. The predicted molar refractivity (Wildman–Crippen MR) is 189 cm³/mol. The van der Waals surface area contributed by atoms with Crippen molar-refractivity contribution in [3.8, 4) is 11.5 Å². The van der Waals surface area contributed by atoms with Crippen molar-refractivity contribution < 1.29 is 27.5 Å². The molecule has 0 aliphatic rings. The highest BCUT2D eigenvalue weighted by Gasteiger charge is 2.35. The molecule has 2 amide bonds. The molecule has 9 nitrogen and oxygen atoms in total. The molecule has 0 unspecified atom stereocenters.